The molecule has 1 aliphatic rings. The lowest BCUT2D eigenvalue weighted by atomic mass is 10.0. The number of esters is 1. The number of benzene rings is 1. The smallest absolute Gasteiger partial charge is 0.338 e. The van der Waals surface area contributed by atoms with Crippen LogP contribution in [0.15, 0.2) is 56.8 Å². The standard InChI is InChI=1S/C18H16BrN3O3/c1-3-24-17(23)15-10(2)20-18-21-12-9-11(19)6-7-13(12)22(18)16(15)14-5-4-8-25-14/h4-9,16H,3H2,1-2H3,(H,20,21). The summed E-state index contributed by atoms with van der Waals surface area (Å²) in [7, 11) is 0. The van der Waals surface area contributed by atoms with Gasteiger partial charge >= 0.3 is 5.97 Å². The highest BCUT2D eigenvalue weighted by Gasteiger charge is 2.36. The second kappa shape index (κ2) is 6.07. The molecule has 0 radical (unpaired) electrons. The monoisotopic (exact) mass is 401 g/mol. The number of imidazole rings is 1. The molecular weight excluding hydrogens is 386 g/mol. The molecule has 0 saturated carbocycles. The van der Waals surface area contributed by atoms with Gasteiger partial charge in [0, 0.05) is 10.2 Å². The number of rotatable bonds is 3. The highest BCUT2D eigenvalue weighted by molar-refractivity contribution is 9.10. The van der Waals surface area contributed by atoms with Gasteiger partial charge in [-0.3, -0.25) is 4.57 Å². The third-order valence-corrected chi connectivity index (χ3v) is 4.69. The summed E-state index contributed by atoms with van der Waals surface area (Å²) in [6.45, 7) is 3.95. The molecule has 1 aliphatic heterocycles. The van der Waals surface area contributed by atoms with E-state index in [1.165, 1.54) is 0 Å². The number of halogens is 1. The van der Waals surface area contributed by atoms with Crippen LogP contribution in [0.5, 0.6) is 0 Å². The summed E-state index contributed by atoms with van der Waals surface area (Å²) in [6, 6.07) is 9.10. The summed E-state index contributed by atoms with van der Waals surface area (Å²) in [6.07, 6.45) is 1.60. The van der Waals surface area contributed by atoms with Crippen molar-refractivity contribution < 1.29 is 13.9 Å². The summed E-state index contributed by atoms with van der Waals surface area (Å²) in [5.41, 5.74) is 2.96. The van der Waals surface area contributed by atoms with Gasteiger partial charge in [0.1, 0.15) is 11.8 Å². The first-order valence-electron chi connectivity index (χ1n) is 7.96. The molecule has 3 heterocycles. The number of fused-ring (bicyclic) bond motifs is 3. The van der Waals surface area contributed by atoms with Gasteiger partial charge < -0.3 is 14.5 Å². The quantitative estimate of drug-likeness (QED) is 0.664. The molecular formula is C18H16BrN3O3. The minimum atomic E-state index is -0.434. The van der Waals surface area contributed by atoms with Crippen molar-refractivity contribution in [1.29, 1.82) is 0 Å². The summed E-state index contributed by atoms with van der Waals surface area (Å²) in [5, 5.41) is 3.22. The number of carbonyl (C=O) groups is 1. The molecule has 0 spiro atoms. The van der Waals surface area contributed by atoms with Crippen LogP contribution in [0.2, 0.25) is 0 Å². The zero-order valence-corrected chi connectivity index (χ0v) is 15.3. The van der Waals surface area contributed by atoms with Crippen molar-refractivity contribution in [3.63, 3.8) is 0 Å². The number of nitrogens with zero attached hydrogens (tertiary/aromatic N) is 2. The first-order chi connectivity index (χ1) is 12.1. The van der Waals surface area contributed by atoms with Crippen molar-refractivity contribution in [3.8, 4) is 0 Å². The highest BCUT2D eigenvalue weighted by Crippen LogP contribution is 2.40. The number of furan rings is 1. The number of nitrogens with one attached hydrogen (secondary N) is 1. The minimum absolute atomic E-state index is 0.310. The van der Waals surface area contributed by atoms with Crippen LogP contribution in [0.1, 0.15) is 25.6 Å². The number of hydrogen-bond donors (Lipinski definition) is 1. The second-order valence-electron chi connectivity index (χ2n) is 5.74. The molecule has 25 heavy (non-hydrogen) atoms. The molecule has 2 aromatic heterocycles. The molecule has 0 bridgehead atoms. The Hall–Kier alpha value is -2.54. The molecule has 6 nitrogen and oxygen atoms in total. The van der Waals surface area contributed by atoms with Crippen molar-refractivity contribution >= 4 is 38.9 Å². The average molecular weight is 402 g/mol. The zero-order valence-electron chi connectivity index (χ0n) is 13.7. The van der Waals surface area contributed by atoms with Gasteiger partial charge in [-0.15, -0.1) is 0 Å². The normalized spacial score (nSPS) is 16.7. The molecule has 1 N–H and O–H groups in total. The predicted octanol–water partition coefficient (Wildman–Crippen LogP) is 4.24. The maximum atomic E-state index is 12.6. The van der Waals surface area contributed by atoms with Crippen LogP contribution in [0.4, 0.5) is 5.95 Å². The van der Waals surface area contributed by atoms with Crippen molar-refractivity contribution in [2.24, 2.45) is 0 Å². The van der Waals surface area contributed by atoms with E-state index in [-0.39, 0.29) is 5.97 Å². The van der Waals surface area contributed by atoms with Crippen molar-refractivity contribution in [2.75, 3.05) is 11.9 Å². The number of ether oxygens (including phenoxy) is 1. The van der Waals surface area contributed by atoms with Gasteiger partial charge in [-0.2, -0.15) is 0 Å². The van der Waals surface area contributed by atoms with E-state index in [1.54, 1.807) is 13.2 Å². The zero-order chi connectivity index (χ0) is 17.6. The number of aromatic nitrogens is 2. The highest BCUT2D eigenvalue weighted by atomic mass is 79.9. The Bertz CT molecular complexity index is 989. The van der Waals surface area contributed by atoms with Gasteiger partial charge in [0.05, 0.1) is 29.5 Å². The largest absolute Gasteiger partial charge is 0.467 e. The molecule has 0 saturated heterocycles. The summed E-state index contributed by atoms with van der Waals surface area (Å²) < 4.78 is 13.9. The van der Waals surface area contributed by atoms with Crippen LogP contribution in [-0.2, 0) is 9.53 Å². The third kappa shape index (κ3) is 2.55. The number of anilines is 1. The van der Waals surface area contributed by atoms with E-state index in [1.807, 2.05) is 41.8 Å². The van der Waals surface area contributed by atoms with Gasteiger partial charge in [0.25, 0.3) is 0 Å². The lowest BCUT2D eigenvalue weighted by Crippen LogP contribution is -2.28. The van der Waals surface area contributed by atoms with Gasteiger partial charge in [0.2, 0.25) is 5.95 Å². The fourth-order valence-corrected chi connectivity index (χ4v) is 3.53. The molecule has 1 aromatic carbocycles. The summed E-state index contributed by atoms with van der Waals surface area (Å²) in [5.74, 6) is 0.964. The Morgan fingerprint density at radius 2 is 2.28 bits per heavy atom. The third-order valence-electron chi connectivity index (χ3n) is 4.19. The van der Waals surface area contributed by atoms with E-state index >= 15 is 0 Å². The van der Waals surface area contributed by atoms with E-state index in [9.17, 15) is 4.79 Å². The maximum Gasteiger partial charge on any atom is 0.338 e. The SMILES string of the molecule is CCOC(=O)C1=C(C)Nc2nc3cc(Br)ccc3n2C1c1ccco1. The van der Waals surface area contributed by atoms with Gasteiger partial charge in [-0.25, -0.2) is 9.78 Å². The summed E-state index contributed by atoms with van der Waals surface area (Å²) >= 11 is 3.47. The first-order valence-corrected chi connectivity index (χ1v) is 8.75. The fourth-order valence-electron chi connectivity index (χ4n) is 3.18. The van der Waals surface area contributed by atoms with E-state index in [2.05, 4.69) is 26.2 Å². The first kappa shape index (κ1) is 16.0. The Labute approximate surface area is 152 Å². The van der Waals surface area contributed by atoms with Crippen LogP contribution in [0, 0.1) is 0 Å². The Morgan fingerprint density at radius 3 is 3.00 bits per heavy atom. The van der Waals surface area contributed by atoms with Crippen LogP contribution in [-0.4, -0.2) is 22.1 Å². The van der Waals surface area contributed by atoms with Crippen molar-refractivity contribution in [3.05, 3.63) is 58.1 Å². The predicted molar refractivity (Wildman–Crippen MR) is 97.2 cm³/mol. The number of hydrogen-bond acceptors (Lipinski definition) is 5. The molecule has 1 atom stereocenters. The average Bonchev–Trinajstić information content (AvgIpc) is 3.20. The van der Waals surface area contributed by atoms with Gasteiger partial charge in [0.15, 0.2) is 0 Å². The molecule has 1 unspecified atom stereocenters. The maximum absolute atomic E-state index is 12.6. The molecule has 4 rings (SSSR count). The van der Waals surface area contributed by atoms with Crippen LogP contribution >= 0.6 is 15.9 Å². The van der Waals surface area contributed by atoms with Crippen LogP contribution in [0.3, 0.4) is 0 Å². The molecule has 0 fully saturated rings. The number of carbonyl (C=O) groups excluding carboxylic acids is 1. The Morgan fingerprint density at radius 1 is 1.44 bits per heavy atom. The molecule has 0 amide bonds. The van der Waals surface area contributed by atoms with Crippen molar-refractivity contribution in [1.82, 2.24) is 9.55 Å². The topological polar surface area (TPSA) is 69.3 Å². The van der Waals surface area contributed by atoms with E-state index in [0.717, 1.165) is 15.5 Å². The molecule has 3 aromatic rings. The minimum Gasteiger partial charge on any atom is -0.467 e. The van der Waals surface area contributed by atoms with Crippen molar-refractivity contribution in [2.45, 2.75) is 19.9 Å². The van der Waals surface area contributed by atoms with Gasteiger partial charge in [-0.05, 0) is 44.2 Å². The van der Waals surface area contributed by atoms with E-state index in [0.29, 0.717) is 29.6 Å². The van der Waals surface area contributed by atoms with Crippen LogP contribution < -0.4 is 5.32 Å². The van der Waals surface area contributed by atoms with Gasteiger partial charge in [-0.1, -0.05) is 15.9 Å². The lowest BCUT2D eigenvalue weighted by molar-refractivity contribution is -0.139. The Kier molecular flexibility index (Phi) is 3.88. The molecule has 128 valence electrons. The van der Waals surface area contributed by atoms with E-state index < -0.39 is 6.04 Å². The van der Waals surface area contributed by atoms with E-state index in [4.69, 9.17) is 9.15 Å². The number of allylic oxidation sites excluding steroid dienone is 1. The second-order valence-corrected chi connectivity index (χ2v) is 6.66. The summed E-state index contributed by atoms with van der Waals surface area (Å²) in [4.78, 5) is 17.3. The fraction of sp³-hybridized carbons (Fsp3) is 0.222. The molecule has 7 heteroatoms. The lowest BCUT2D eigenvalue weighted by Gasteiger charge is -2.28. The molecule has 0 aliphatic carbocycles. The van der Waals surface area contributed by atoms with Crippen LogP contribution in [0.25, 0.3) is 11.0 Å². The Balaban J connectivity index is 1.97.